The molecule has 0 spiro atoms. The lowest BCUT2D eigenvalue weighted by Crippen LogP contribution is -2.39. The van der Waals surface area contributed by atoms with Crippen LogP contribution in [0.25, 0.3) is 11.2 Å². The lowest BCUT2D eigenvalue weighted by molar-refractivity contribution is 0.0392. The van der Waals surface area contributed by atoms with E-state index in [1.165, 1.54) is 32.1 Å². The van der Waals surface area contributed by atoms with Crippen molar-refractivity contribution in [2.75, 3.05) is 24.6 Å². The van der Waals surface area contributed by atoms with E-state index >= 15 is 0 Å². The first-order valence-corrected chi connectivity index (χ1v) is 11.0. The Balaban J connectivity index is 1.54. The van der Waals surface area contributed by atoms with E-state index < -0.39 is 0 Å². The minimum Gasteiger partial charge on any atom is -0.370 e. The Kier molecular flexibility index (Phi) is 5.10. The van der Waals surface area contributed by atoms with Crippen LogP contribution >= 0.6 is 0 Å². The Bertz CT molecular complexity index is 1060. The lowest BCUT2D eigenvalue weighted by atomic mass is 9.86. The first-order valence-electron chi connectivity index (χ1n) is 11.0. The van der Waals surface area contributed by atoms with Gasteiger partial charge in [-0.05, 0) is 26.7 Å². The Labute approximate surface area is 176 Å². The third-order valence-electron chi connectivity index (χ3n) is 6.40. The first kappa shape index (κ1) is 19.4. The molecule has 4 heterocycles. The number of rotatable bonds is 3. The van der Waals surface area contributed by atoms with Gasteiger partial charge in [-0.1, -0.05) is 19.3 Å². The van der Waals surface area contributed by atoms with Gasteiger partial charge < -0.3 is 9.64 Å². The number of hydrogen-bond donors (Lipinski definition) is 0. The highest BCUT2D eigenvalue weighted by atomic mass is 16.5. The molecule has 3 aromatic heterocycles. The normalized spacial score (nSPS) is 20.8. The third kappa shape index (κ3) is 3.64. The highest BCUT2D eigenvalue weighted by molar-refractivity contribution is 5.75. The number of ether oxygens (including phenoxy) is 1. The van der Waals surface area contributed by atoms with Crippen molar-refractivity contribution in [2.24, 2.45) is 7.05 Å². The van der Waals surface area contributed by atoms with E-state index in [-0.39, 0.29) is 6.10 Å². The minimum absolute atomic E-state index is 0.0317. The van der Waals surface area contributed by atoms with E-state index in [9.17, 15) is 0 Å². The highest BCUT2D eigenvalue weighted by Gasteiger charge is 2.28. The van der Waals surface area contributed by atoms with Crippen LogP contribution < -0.4 is 4.90 Å². The van der Waals surface area contributed by atoms with Crippen molar-refractivity contribution in [3.05, 3.63) is 35.0 Å². The maximum atomic E-state index is 6.02. The van der Waals surface area contributed by atoms with Crippen LogP contribution in [0.1, 0.15) is 66.8 Å². The van der Waals surface area contributed by atoms with Crippen molar-refractivity contribution in [2.45, 2.75) is 58.0 Å². The molecule has 1 atom stereocenters. The molecule has 158 valence electrons. The Hall–Kier alpha value is -2.61. The second kappa shape index (κ2) is 7.91. The SMILES string of the molecule is Cc1nc2nc(N3CCO[C@@H](c4cnn(C)c4)C3)nc(C3CCCCC3)c2nc1C. The zero-order valence-electron chi connectivity index (χ0n) is 18.0. The molecule has 1 aliphatic carbocycles. The summed E-state index contributed by atoms with van der Waals surface area (Å²) in [5.74, 6) is 1.19. The molecule has 0 N–H and O–H groups in total. The second-order valence-corrected chi connectivity index (χ2v) is 8.56. The number of anilines is 1. The Morgan fingerprint density at radius 2 is 1.80 bits per heavy atom. The molecule has 8 heteroatoms. The molecular formula is C22H29N7O. The van der Waals surface area contributed by atoms with Gasteiger partial charge in [0.05, 0.1) is 36.4 Å². The van der Waals surface area contributed by atoms with Crippen LogP contribution in [0.4, 0.5) is 5.95 Å². The van der Waals surface area contributed by atoms with Gasteiger partial charge in [-0.2, -0.15) is 10.1 Å². The molecule has 30 heavy (non-hydrogen) atoms. The largest absolute Gasteiger partial charge is 0.370 e. The zero-order chi connectivity index (χ0) is 20.7. The van der Waals surface area contributed by atoms with Gasteiger partial charge in [0, 0.05) is 31.3 Å². The highest BCUT2D eigenvalue weighted by Crippen LogP contribution is 2.35. The van der Waals surface area contributed by atoms with Crippen molar-refractivity contribution in [3.63, 3.8) is 0 Å². The zero-order valence-corrected chi connectivity index (χ0v) is 18.0. The van der Waals surface area contributed by atoms with Crippen molar-refractivity contribution in [1.29, 1.82) is 0 Å². The van der Waals surface area contributed by atoms with E-state index in [1.807, 2.05) is 38.0 Å². The van der Waals surface area contributed by atoms with Gasteiger partial charge in [-0.15, -0.1) is 0 Å². The standard InChI is InChI=1S/C22H29N7O/c1-14-15(2)25-21-20(24-14)19(16-7-5-4-6-8-16)26-22(27-21)29-9-10-30-18(13-29)17-11-23-28(3)12-17/h11-12,16,18H,4-10,13H2,1-3H3/t18-/m1/s1. The third-order valence-corrected chi connectivity index (χ3v) is 6.40. The van der Waals surface area contributed by atoms with E-state index in [4.69, 9.17) is 24.7 Å². The van der Waals surface area contributed by atoms with Crippen LogP contribution in [-0.4, -0.2) is 49.4 Å². The fraction of sp³-hybridized carbons (Fsp3) is 0.591. The van der Waals surface area contributed by atoms with E-state index in [1.54, 1.807) is 0 Å². The van der Waals surface area contributed by atoms with Crippen molar-refractivity contribution in [1.82, 2.24) is 29.7 Å². The van der Waals surface area contributed by atoms with Gasteiger partial charge >= 0.3 is 0 Å². The lowest BCUT2D eigenvalue weighted by Gasteiger charge is -2.33. The minimum atomic E-state index is -0.0317. The van der Waals surface area contributed by atoms with Gasteiger partial charge in [-0.3, -0.25) is 4.68 Å². The smallest absolute Gasteiger partial charge is 0.227 e. The van der Waals surface area contributed by atoms with Gasteiger partial charge in [-0.25, -0.2) is 15.0 Å². The predicted octanol–water partition coefficient (Wildman–Crippen LogP) is 3.40. The van der Waals surface area contributed by atoms with Crippen molar-refractivity contribution < 1.29 is 4.74 Å². The molecule has 2 aliphatic rings. The molecule has 5 rings (SSSR count). The Morgan fingerprint density at radius 1 is 1.00 bits per heavy atom. The summed E-state index contributed by atoms with van der Waals surface area (Å²) in [6, 6.07) is 0. The molecule has 1 saturated carbocycles. The first-order chi connectivity index (χ1) is 14.6. The summed E-state index contributed by atoms with van der Waals surface area (Å²) in [4.78, 5) is 21.8. The fourth-order valence-electron chi connectivity index (χ4n) is 4.56. The summed E-state index contributed by atoms with van der Waals surface area (Å²) in [6.07, 6.45) is 10.0. The molecule has 3 aromatic rings. The summed E-state index contributed by atoms with van der Waals surface area (Å²) in [6.45, 7) is 6.13. The van der Waals surface area contributed by atoms with Crippen LogP contribution in [0, 0.1) is 13.8 Å². The van der Waals surface area contributed by atoms with Gasteiger partial charge in [0.1, 0.15) is 11.6 Å². The average molecular weight is 408 g/mol. The fourth-order valence-corrected chi connectivity index (χ4v) is 4.56. The van der Waals surface area contributed by atoms with Crippen LogP contribution in [0.3, 0.4) is 0 Å². The number of aromatic nitrogens is 6. The van der Waals surface area contributed by atoms with E-state index in [0.29, 0.717) is 24.7 Å². The van der Waals surface area contributed by atoms with Gasteiger partial charge in [0.25, 0.3) is 0 Å². The number of fused-ring (bicyclic) bond motifs is 1. The molecule has 8 nitrogen and oxygen atoms in total. The molecule has 2 fully saturated rings. The summed E-state index contributed by atoms with van der Waals surface area (Å²) < 4.78 is 7.83. The van der Waals surface area contributed by atoms with E-state index in [2.05, 4.69) is 10.00 Å². The van der Waals surface area contributed by atoms with Gasteiger partial charge in [0.2, 0.25) is 5.95 Å². The van der Waals surface area contributed by atoms with Crippen LogP contribution in [-0.2, 0) is 11.8 Å². The molecular weight excluding hydrogens is 378 g/mol. The number of morpholine rings is 1. The molecule has 0 bridgehead atoms. The summed E-state index contributed by atoms with van der Waals surface area (Å²) in [5, 5.41) is 4.29. The van der Waals surface area contributed by atoms with Crippen LogP contribution in [0.15, 0.2) is 12.4 Å². The average Bonchev–Trinajstić information content (AvgIpc) is 3.21. The molecule has 1 saturated heterocycles. The molecule has 0 aromatic carbocycles. The topological polar surface area (TPSA) is 81.9 Å². The van der Waals surface area contributed by atoms with Gasteiger partial charge in [0.15, 0.2) is 5.65 Å². The quantitative estimate of drug-likeness (QED) is 0.658. The number of aryl methyl sites for hydroxylation is 3. The monoisotopic (exact) mass is 407 g/mol. The van der Waals surface area contributed by atoms with Crippen molar-refractivity contribution >= 4 is 17.1 Å². The second-order valence-electron chi connectivity index (χ2n) is 8.56. The molecule has 0 unspecified atom stereocenters. The number of nitrogens with zero attached hydrogens (tertiary/aromatic N) is 7. The van der Waals surface area contributed by atoms with Crippen LogP contribution in [0.5, 0.6) is 0 Å². The van der Waals surface area contributed by atoms with E-state index in [0.717, 1.165) is 40.7 Å². The predicted molar refractivity (Wildman–Crippen MR) is 115 cm³/mol. The summed E-state index contributed by atoms with van der Waals surface area (Å²) in [5.41, 5.74) is 5.64. The summed E-state index contributed by atoms with van der Waals surface area (Å²) in [7, 11) is 1.93. The maximum Gasteiger partial charge on any atom is 0.227 e. The summed E-state index contributed by atoms with van der Waals surface area (Å²) >= 11 is 0. The molecule has 0 amide bonds. The number of hydrogen-bond acceptors (Lipinski definition) is 7. The molecule has 1 aliphatic heterocycles. The van der Waals surface area contributed by atoms with Crippen LogP contribution in [0.2, 0.25) is 0 Å². The Morgan fingerprint density at radius 3 is 2.57 bits per heavy atom. The molecule has 0 radical (unpaired) electrons. The maximum absolute atomic E-state index is 6.02. The van der Waals surface area contributed by atoms with Crippen molar-refractivity contribution in [3.8, 4) is 0 Å².